The molecule has 0 aliphatic heterocycles. The van der Waals surface area contributed by atoms with Crippen LogP contribution in [0.5, 0.6) is 0 Å². The van der Waals surface area contributed by atoms with Crippen molar-refractivity contribution in [2.24, 2.45) is 0 Å². The highest BCUT2D eigenvalue weighted by Crippen LogP contribution is 2.19. The van der Waals surface area contributed by atoms with Gasteiger partial charge in [-0.1, -0.05) is 46.9 Å². The van der Waals surface area contributed by atoms with Crippen molar-refractivity contribution >= 4 is 46.6 Å². The largest absolute Gasteiger partial charge is 0.312 e. The third-order valence-corrected chi connectivity index (χ3v) is 4.36. The summed E-state index contributed by atoms with van der Waals surface area (Å²) in [5.74, 6) is -0.797. The minimum atomic E-state index is -0.553. The van der Waals surface area contributed by atoms with Gasteiger partial charge in [0.15, 0.2) is 11.0 Å². The molecule has 10 nitrogen and oxygen atoms in total. The van der Waals surface area contributed by atoms with Crippen LogP contribution in [0.25, 0.3) is 0 Å². The first-order valence-corrected chi connectivity index (χ1v) is 8.54. The average Bonchev–Trinajstić information content (AvgIpc) is 3.21. The number of hydrazine groups is 1. The maximum Gasteiger partial charge on any atom is 0.271 e. The van der Waals surface area contributed by atoms with Crippen LogP contribution >= 0.6 is 34.8 Å². The van der Waals surface area contributed by atoms with Crippen LogP contribution in [0.15, 0.2) is 30.6 Å². The summed E-state index contributed by atoms with van der Waals surface area (Å²) >= 11 is 17.6. The summed E-state index contributed by atoms with van der Waals surface area (Å²) < 4.78 is 1.52. The first-order valence-electron chi connectivity index (χ1n) is 7.40. The van der Waals surface area contributed by atoms with E-state index in [4.69, 9.17) is 34.8 Å². The topological polar surface area (TPSA) is 120 Å². The lowest BCUT2D eigenvalue weighted by Gasteiger charge is -2.07. The zero-order valence-electron chi connectivity index (χ0n) is 13.4. The van der Waals surface area contributed by atoms with Gasteiger partial charge in [-0.3, -0.25) is 20.4 Å². The van der Waals surface area contributed by atoms with E-state index in [9.17, 15) is 9.59 Å². The number of tetrazole rings is 1. The predicted octanol–water partition coefficient (Wildman–Crippen LogP) is 1.34. The van der Waals surface area contributed by atoms with Crippen molar-refractivity contribution in [3.63, 3.8) is 0 Å². The number of carbonyl (C=O) groups excluding carboxylic acids is 2. The maximum atomic E-state index is 12.0. The molecule has 1 aromatic carbocycles. The molecule has 2 heterocycles. The molecule has 0 saturated carbocycles. The van der Waals surface area contributed by atoms with E-state index in [2.05, 4.69) is 31.2 Å². The molecule has 0 spiro atoms. The summed E-state index contributed by atoms with van der Waals surface area (Å²) in [5.41, 5.74) is 4.74. The van der Waals surface area contributed by atoms with Gasteiger partial charge < -0.3 is 4.57 Å². The standard InChI is InChI=1S/C14H11Cl3N8O2/c15-9-4-2-1-3-8(9)14(27)21-20-11(26)6-25-22-10(19-23-25)5-24-7-18-12(16)13(24)17/h1-4,7H,5-6H2,(H,20,26)(H,21,27). The minimum absolute atomic E-state index is 0.165. The molecule has 27 heavy (non-hydrogen) atoms. The van der Waals surface area contributed by atoms with Gasteiger partial charge in [0.2, 0.25) is 0 Å². The molecule has 0 aliphatic rings. The van der Waals surface area contributed by atoms with Crippen LogP contribution in [0.2, 0.25) is 15.3 Å². The SMILES string of the molecule is O=C(Cn1nnc(Cn2cnc(Cl)c2Cl)n1)NNC(=O)c1ccccc1Cl. The van der Waals surface area contributed by atoms with Crippen LogP contribution < -0.4 is 10.9 Å². The first-order chi connectivity index (χ1) is 12.9. The van der Waals surface area contributed by atoms with Gasteiger partial charge in [-0.15, -0.1) is 10.2 Å². The Hall–Kier alpha value is -2.69. The predicted molar refractivity (Wildman–Crippen MR) is 96.2 cm³/mol. The summed E-state index contributed by atoms with van der Waals surface area (Å²) in [7, 11) is 0. The van der Waals surface area contributed by atoms with Crippen LogP contribution in [-0.2, 0) is 17.9 Å². The second-order valence-corrected chi connectivity index (χ2v) is 6.30. The smallest absolute Gasteiger partial charge is 0.271 e. The quantitative estimate of drug-likeness (QED) is 0.591. The van der Waals surface area contributed by atoms with Crippen LogP contribution in [0.1, 0.15) is 16.2 Å². The molecule has 0 saturated heterocycles. The Labute approximate surface area is 167 Å². The molecule has 2 aromatic heterocycles. The number of imidazole rings is 1. The van der Waals surface area contributed by atoms with Crippen molar-refractivity contribution in [2.75, 3.05) is 0 Å². The molecule has 2 amide bonds. The van der Waals surface area contributed by atoms with Gasteiger partial charge in [0.05, 0.1) is 23.5 Å². The Balaban J connectivity index is 1.53. The molecular formula is C14H11Cl3N8O2. The first kappa shape index (κ1) is 19.1. The summed E-state index contributed by atoms with van der Waals surface area (Å²) in [6.07, 6.45) is 1.43. The fourth-order valence-electron chi connectivity index (χ4n) is 2.02. The highest BCUT2D eigenvalue weighted by atomic mass is 35.5. The molecule has 2 N–H and O–H groups in total. The molecule has 0 aliphatic carbocycles. The van der Waals surface area contributed by atoms with Crippen molar-refractivity contribution in [2.45, 2.75) is 13.1 Å². The number of aromatic nitrogens is 6. The number of nitrogens with zero attached hydrogens (tertiary/aromatic N) is 6. The van der Waals surface area contributed by atoms with Gasteiger partial charge in [-0.25, -0.2) is 4.98 Å². The van der Waals surface area contributed by atoms with E-state index >= 15 is 0 Å². The number of nitrogens with one attached hydrogen (secondary N) is 2. The number of halogens is 3. The van der Waals surface area contributed by atoms with E-state index in [-0.39, 0.29) is 34.0 Å². The van der Waals surface area contributed by atoms with Crippen LogP contribution in [0.4, 0.5) is 0 Å². The summed E-state index contributed by atoms with van der Waals surface area (Å²) in [4.78, 5) is 28.8. The van der Waals surface area contributed by atoms with E-state index in [1.54, 1.807) is 18.2 Å². The molecule has 3 aromatic rings. The Kier molecular flexibility index (Phi) is 5.89. The minimum Gasteiger partial charge on any atom is -0.312 e. The van der Waals surface area contributed by atoms with E-state index < -0.39 is 11.8 Å². The van der Waals surface area contributed by atoms with Crippen molar-refractivity contribution < 1.29 is 9.59 Å². The summed E-state index contributed by atoms with van der Waals surface area (Å²) in [5, 5.41) is 12.3. The lowest BCUT2D eigenvalue weighted by molar-refractivity contribution is -0.122. The average molecular weight is 430 g/mol. The highest BCUT2D eigenvalue weighted by molar-refractivity contribution is 6.40. The van der Waals surface area contributed by atoms with E-state index in [1.165, 1.54) is 17.0 Å². The van der Waals surface area contributed by atoms with Gasteiger partial charge in [0, 0.05) is 0 Å². The van der Waals surface area contributed by atoms with Crippen LogP contribution in [0, 0.1) is 0 Å². The Morgan fingerprint density at radius 3 is 2.59 bits per heavy atom. The lowest BCUT2D eigenvalue weighted by Crippen LogP contribution is -2.43. The number of hydrogen-bond acceptors (Lipinski definition) is 6. The summed E-state index contributed by atoms with van der Waals surface area (Å²) in [6.45, 7) is -0.0718. The Bertz CT molecular complexity index is 986. The third kappa shape index (κ3) is 4.73. The fraction of sp³-hybridized carbons (Fsp3) is 0.143. The number of carbonyl (C=O) groups is 2. The van der Waals surface area contributed by atoms with Crippen molar-refractivity contribution in [3.05, 3.63) is 57.3 Å². The van der Waals surface area contributed by atoms with E-state index in [0.717, 1.165) is 4.80 Å². The van der Waals surface area contributed by atoms with E-state index in [1.807, 2.05) is 0 Å². The van der Waals surface area contributed by atoms with Gasteiger partial charge in [0.25, 0.3) is 11.8 Å². The van der Waals surface area contributed by atoms with Crippen LogP contribution in [-0.4, -0.2) is 41.6 Å². The second kappa shape index (κ2) is 8.33. The van der Waals surface area contributed by atoms with Crippen molar-refractivity contribution in [3.8, 4) is 0 Å². The molecule has 3 rings (SSSR count). The van der Waals surface area contributed by atoms with Gasteiger partial charge in [-0.2, -0.15) is 4.80 Å². The highest BCUT2D eigenvalue weighted by Gasteiger charge is 2.13. The number of amides is 2. The zero-order valence-corrected chi connectivity index (χ0v) is 15.7. The van der Waals surface area contributed by atoms with Crippen molar-refractivity contribution in [1.82, 2.24) is 40.6 Å². The monoisotopic (exact) mass is 428 g/mol. The van der Waals surface area contributed by atoms with Gasteiger partial charge >= 0.3 is 0 Å². The van der Waals surface area contributed by atoms with Crippen molar-refractivity contribution in [1.29, 1.82) is 0 Å². The van der Waals surface area contributed by atoms with Crippen LogP contribution in [0.3, 0.4) is 0 Å². The number of hydrogen-bond donors (Lipinski definition) is 2. The summed E-state index contributed by atoms with van der Waals surface area (Å²) in [6, 6.07) is 6.45. The molecular weight excluding hydrogens is 419 g/mol. The molecule has 0 fully saturated rings. The Morgan fingerprint density at radius 1 is 1.11 bits per heavy atom. The molecule has 140 valence electrons. The maximum absolute atomic E-state index is 12.0. The van der Waals surface area contributed by atoms with Gasteiger partial charge in [-0.05, 0) is 17.3 Å². The number of rotatable bonds is 5. The number of benzene rings is 1. The third-order valence-electron chi connectivity index (χ3n) is 3.26. The fourth-order valence-corrected chi connectivity index (χ4v) is 2.55. The van der Waals surface area contributed by atoms with Gasteiger partial charge in [0.1, 0.15) is 11.7 Å². The Morgan fingerprint density at radius 2 is 1.89 bits per heavy atom. The lowest BCUT2D eigenvalue weighted by atomic mass is 10.2. The molecule has 0 atom stereocenters. The zero-order chi connectivity index (χ0) is 19.4. The second-order valence-electron chi connectivity index (χ2n) is 5.17. The normalized spacial score (nSPS) is 10.6. The van der Waals surface area contributed by atoms with E-state index in [0.29, 0.717) is 5.82 Å². The molecule has 0 radical (unpaired) electrons. The molecule has 0 unspecified atom stereocenters. The molecule has 0 bridgehead atoms. The molecule has 13 heteroatoms.